The smallest absolute Gasteiger partial charge is 0.247 e. The van der Waals surface area contributed by atoms with Gasteiger partial charge in [-0.2, -0.15) is 0 Å². The van der Waals surface area contributed by atoms with Crippen molar-refractivity contribution < 1.29 is 23.0 Å². The van der Waals surface area contributed by atoms with Crippen LogP contribution in [0.1, 0.15) is 11.1 Å². The number of aromatic amines is 1. The number of H-pyrrole nitrogens is 1. The number of ether oxygens (including phenoxy) is 2. The Morgan fingerprint density at radius 1 is 1.12 bits per heavy atom. The molecule has 0 bridgehead atoms. The first-order valence-electron chi connectivity index (χ1n) is 10.0. The molecule has 0 aliphatic heterocycles. The van der Waals surface area contributed by atoms with E-state index in [4.69, 9.17) is 9.47 Å². The van der Waals surface area contributed by atoms with Gasteiger partial charge in [-0.3, -0.25) is 4.79 Å². The van der Waals surface area contributed by atoms with E-state index in [0.29, 0.717) is 22.6 Å². The lowest BCUT2D eigenvalue weighted by Gasteiger charge is -2.12. The number of halogens is 2. The number of carbonyl (C=O) groups excluding carboxylic acids is 1. The average molecular weight is 449 g/mol. The summed E-state index contributed by atoms with van der Waals surface area (Å²) in [4.78, 5) is 19.3. The maximum absolute atomic E-state index is 14.8. The van der Waals surface area contributed by atoms with Crippen LogP contribution in [0.25, 0.3) is 22.3 Å². The van der Waals surface area contributed by atoms with Crippen molar-refractivity contribution >= 4 is 22.6 Å². The predicted octanol–water partition coefficient (Wildman–Crippen LogP) is 5.24. The normalized spacial score (nSPS) is 10.8. The van der Waals surface area contributed by atoms with Gasteiger partial charge >= 0.3 is 0 Å². The van der Waals surface area contributed by atoms with Gasteiger partial charge in [0.25, 0.3) is 0 Å². The zero-order valence-corrected chi connectivity index (χ0v) is 18.0. The van der Waals surface area contributed by atoms with Crippen molar-refractivity contribution in [2.45, 2.75) is 6.42 Å². The monoisotopic (exact) mass is 449 g/mol. The Kier molecular flexibility index (Phi) is 6.08. The van der Waals surface area contributed by atoms with Gasteiger partial charge in [-0.25, -0.2) is 13.8 Å². The molecular weight excluding hydrogens is 428 g/mol. The minimum atomic E-state index is -0.770. The molecule has 4 rings (SSSR count). The number of rotatable bonds is 7. The molecule has 4 aromatic rings. The highest BCUT2D eigenvalue weighted by Crippen LogP contribution is 2.34. The first-order valence-corrected chi connectivity index (χ1v) is 10.0. The summed E-state index contributed by atoms with van der Waals surface area (Å²) in [6, 6.07) is 12.1. The fourth-order valence-corrected chi connectivity index (χ4v) is 3.60. The number of fused-ring (bicyclic) bond motifs is 1. The largest absolute Gasteiger partial charge is 0.494 e. The third kappa shape index (κ3) is 4.27. The Bertz CT molecular complexity index is 1340. The van der Waals surface area contributed by atoms with Gasteiger partial charge in [-0.05, 0) is 35.9 Å². The number of anilines is 1. The van der Waals surface area contributed by atoms with Crippen molar-refractivity contribution in [3.8, 4) is 22.8 Å². The minimum absolute atomic E-state index is 0.0185. The Labute approximate surface area is 188 Å². The number of benzene rings is 2. The number of nitrogens with one attached hydrogen (secondary N) is 2. The van der Waals surface area contributed by atoms with Crippen molar-refractivity contribution in [3.63, 3.8) is 0 Å². The average Bonchev–Trinajstić information content (AvgIpc) is 3.24. The molecule has 8 heteroatoms. The van der Waals surface area contributed by atoms with E-state index in [1.165, 1.54) is 26.4 Å². The molecule has 0 unspecified atom stereocenters. The second-order valence-corrected chi connectivity index (χ2v) is 7.25. The number of carbonyl (C=O) groups is 1. The molecule has 0 aliphatic carbocycles. The Morgan fingerprint density at radius 2 is 1.85 bits per heavy atom. The molecule has 1 amide bonds. The molecule has 0 saturated heterocycles. The van der Waals surface area contributed by atoms with Crippen LogP contribution in [0.5, 0.6) is 11.5 Å². The summed E-state index contributed by atoms with van der Waals surface area (Å²) in [6.07, 6.45) is 2.85. The zero-order chi connectivity index (χ0) is 23.5. The minimum Gasteiger partial charge on any atom is -0.494 e. The SMILES string of the molecule is C=CC(=O)Nc1cccc(-c2ccc3c(Cc4c(F)c(OC)cc(OC)c4F)c[nH]c3n2)c1. The van der Waals surface area contributed by atoms with Crippen molar-refractivity contribution in [2.24, 2.45) is 0 Å². The van der Waals surface area contributed by atoms with Crippen LogP contribution in [0.15, 0.2) is 61.3 Å². The highest BCUT2D eigenvalue weighted by atomic mass is 19.1. The van der Waals surface area contributed by atoms with Gasteiger partial charge in [0.15, 0.2) is 23.1 Å². The quantitative estimate of drug-likeness (QED) is 0.378. The summed E-state index contributed by atoms with van der Waals surface area (Å²) >= 11 is 0. The van der Waals surface area contributed by atoms with Crippen LogP contribution in [-0.2, 0) is 11.2 Å². The first-order chi connectivity index (χ1) is 15.9. The lowest BCUT2D eigenvalue weighted by Crippen LogP contribution is -2.07. The predicted molar refractivity (Wildman–Crippen MR) is 123 cm³/mol. The molecule has 0 fully saturated rings. The second kappa shape index (κ2) is 9.12. The summed E-state index contributed by atoms with van der Waals surface area (Å²) in [5.41, 5.74) is 3.17. The van der Waals surface area contributed by atoms with Crippen molar-refractivity contribution in [2.75, 3.05) is 19.5 Å². The van der Waals surface area contributed by atoms with Crippen molar-refractivity contribution in [1.29, 1.82) is 0 Å². The first kappa shape index (κ1) is 22.0. The van der Waals surface area contributed by atoms with Gasteiger partial charge in [0.1, 0.15) is 5.65 Å². The number of methoxy groups -OCH3 is 2. The van der Waals surface area contributed by atoms with E-state index < -0.39 is 11.6 Å². The lowest BCUT2D eigenvalue weighted by atomic mass is 10.0. The number of pyridine rings is 1. The van der Waals surface area contributed by atoms with Crippen LogP contribution < -0.4 is 14.8 Å². The summed E-state index contributed by atoms with van der Waals surface area (Å²) in [6.45, 7) is 3.44. The Balaban J connectivity index is 1.69. The van der Waals surface area contributed by atoms with Gasteiger partial charge in [-0.1, -0.05) is 18.7 Å². The van der Waals surface area contributed by atoms with E-state index in [1.807, 2.05) is 24.3 Å². The molecular formula is C25H21F2N3O3. The van der Waals surface area contributed by atoms with E-state index >= 15 is 0 Å². The van der Waals surface area contributed by atoms with Crippen LogP contribution >= 0.6 is 0 Å². The van der Waals surface area contributed by atoms with Crippen LogP contribution in [0.4, 0.5) is 14.5 Å². The van der Waals surface area contributed by atoms with Gasteiger partial charge in [0.2, 0.25) is 5.91 Å². The Hall–Kier alpha value is -4.20. The molecule has 2 N–H and O–H groups in total. The standard InChI is InChI=1S/C25H21F2N3O3/c1-4-22(31)29-16-7-5-6-14(10-16)19-9-8-17-15(13-28-25(17)30-19)11-18-23(26)20(32-2)12-21(33-3)24(18)27/h4-10,12-13H,1,11H2,2-3H3,(H,28,30)(H,29,31). The number of aromatic nitrogens is 2. The number of hydrogen-bond acceptors (Lipinski definition) is 4. The molecule has 0 aliphatic rings. The molecule has 0 radical (unpaired) electrons. The lowest BCUT2D eigenvalue weighted by molar-refractivity contribution is -0.111. The van der Waals surface area contributed by atoms with Crippen LogP contribution in [0, 0.1) is 11.6 Å². The van der Waals surface area contributed by atoms with Crippen LogP contribution in [0.2, 0.25) is 0 Å². The van der Waals surface area contributed by atoms with E-state index in [2.05, 4.69) is 21.9 Å². The van der Waals surface area contributed by atoms with Crippen molar-refractivity contribution in [1.82, 2.24) is 9.97 Å². The maximum Gasteiger partial charge on any atom is 0.247 e. The van der Waals surface area contributed by atoms with E-state index in [-0.39, 0.29) is 29.4 Å². The summed E-state index contributed by atoms with van der Waals surface area (Å²) in [5, 5.41) is 3.45. The van der Waals surface area contributed by atoms with Crippen LogP contribution in [0.3, 0.4) is 0 Å². The Morgan fingerprint density at radius 3 is 2.52 bits per heavy atom. The molecule has 0 saturated carbocycles. The van der Waals surface area contributed by atoms with E-state index in [0.717, 1.165) is 10.9 Å². The van der Waals surface area contributed by atoms with E-state index in [9.17, 15) is 13.6 Å². The molecule has 168 valence electrons. The topological polar surface area (TPSA) is 76.2 Å². The van der Waals surface area contributed by atoms with Crippen LogP contribution in [-0.4, -0.2) is 30.1 Å². The van der Waals surface area contributed by atoms with Gasteiger partial charge < -0.3 is 19.8 Å². The van der Waals surface area contributed by atoms with Gasteiger partial charge in [0.05, 0.1) is 19.9 Å². The number of nitrogens with zero attached hydrogens (tertiary/aromatic N) is 1. The maximum atomic E-state index is 14.8. The fraction of sp³-hybridized carbons (Fsp3) is 0.120. The fourth-order valence-electron chi connectivity index (χ4n) is 3.60. The molecule has 2 aromatic heterocycles. The molecule has 2 heterocycles. The molecule has 33 heavy (non-hydrogen) atoms. The molecule has 2 aromatic carbocycles. The summed E-state index contributed by atoms with van der Waals surface area (Å²) in [5.74, 6) is -2.03. The highest BCUT2D eigenvalue weighted by molar-refractivity contribution is 5.99. The number of hydrogen-bond donors (Lipinski definition) is 2. The summed E-state index contributed by atoms with van der Waals surface area (Å²) in [7, 11) is 2.63. The highest BCUT2D eigenvalue weighted by Gasteiger charge is 2.21. The van der Waals surface area contributed by atoms with Gasteiger partial charge in [-0.15, -0.1) is 0 Å². The zero-order valence-electron chi connectivity index (χ0n) is 18.0. The third-order valence-corrected chi connectivity index (χ3v) is 5.27. The molecule has 6 nitrogen and oxygen atoms in total. The second-order valence-electron chi connectivity index (χ2n) is 7.25. The molecule has 0 atom stereocenters. The van der Waals surface area contributed by atoms with Crippen molar-refractivity contribution in [3.05, 3.63) is 84.1 Å². The third-order valence-electron chi connectivity index (χ3n) is 5.27. The van der Waals surface area contributed by atoms with Gasteiger partial charge in [0, 0.05) is 40.9 Å². The van der Waals surface area contributed by atoms with E-state index in [1.54, 1.807) is 18.3 Å². The molecule has 0 spiro atoms. The number of amides is 1. The summed E-state index contributed by atoms with van der Waals surface area (Å²) < 4.78 is 39.6.